The molecule has 3 N–H and O–H groups in total. The molecule has 84 heavy (non-hydrogen) atoms. The first-order valence-electron chi connectivity index (χ1n) is 36.3. The summed E-state index contributed by atoms with van der Waals surface area (Å²) in [5.41, 5.74) is 1.56. The summed E-state index contributed by atoms with van der Waals surface area (Å²) in [7, 11) is 5.76. The van der Waals surface area contributed by atoms with E-state index in [0.29, 0.717) is 0 Å². The van der Waals surface area contributed by atoms with Crippen LogP contribution in [0.2, 0.25) is 0 Å². The average Bonchev–Trinajstić information content (AvgIpc) is 4.06. The minimum absolute atomic E-state index is 0.741. The van der Waals surface area contributed by atoms with Gasteiger partial charge in [-0.25, -0.2) is 0 Å². The van der Waals surface area contributed by atoms with Crippen molar-refractivity contribution in [3.63, 3.8) is 0 Å². The van der Waals surface area contributed by atoms with E-state index >= 15 is 0 Å². The summed E-state index contributed by atoms with van der Waals surface area (Å²) in [6.45, 7) is 67.4. The fraction of sp³-hybridized carbons (Fsp3) is 0.973. The standard InChI is InChI=1S/C12H23N.C11H23NO.C11H23N.C10H21NO.2C8H17N.C7H15N.C7H13N/c1-10(2)12-5-7-13(8-6-12)9-11-3-4-11;1-10(2)11-4-6-12(7-5-11)8-9-13-3;1-9(2)11-5-7-12(8-6-11)10(3)4;1-9(2)10-4-5-11(8-10)6-7-12-3;1-7(2)8-4-5-9(3)6-8;1-7(2)8-4-3-5-9-6-8;2*1-6(2)7-3-4-8-5-7/h10-12H,3-9H2,1-2H3;10-11H,4-9H2,1-3H3;9-11H,5-8H2,1-4H3;9-10H,4-8H2,1-3H3;7-8H,4-6H2,1-3H3;7-9H,3-6H2,1-2H3;6-8H,3-5H2,1-2H3;3,6,8H,4-5H2,1-2H3. The summed E-state index contributed by atoms with van der Waals surface area (Å²) in [5, 5.41) is 10.0. The number of rotatable bonds is 17. The molecular formula is C74H152N8O2. The summed E-state index contributed by atoms with van der Waals surface area (Å²) in [5.74, 6) is 14.7. The lowest BCUT2D eigenvalue weighted by Gasteiger charge is -2.36. The molecule has 1 saturated carbocycles. The number of piperidine rings is 4. The molecule has 0 aromatic rings. The quantitative estimate of drug-likeness (QED) is 0.123. The van der Waals surface area contributed by atoms with E-state index in [2.05, 4.69) is 178 Å². The number of methoxy groups -OCH3 is 2. The summed E-state index contributed by atoms with van der Waals surface area (Å²) in [6, 6.07) is 0.748. The van der Waals surface area contributed by atoms with Gasteiger partial charge in [0.25, 0.3) is 0 Å². The predicted octanol–water partition coefficient (Wildman–Crippen LogP) is 14.8. The van der Waals surface area contributed by atoms with E-state index in [1.165, 1.54) is 182 Å². The molecule has 0 aromatic carbocycles. The van der Waals surface area contributed by atoms with Gasteiger partial charge in [-0.15, -0.1) is 0 Å². The van der Waals surface area contributed by atoms with Gasteiger partial charge in [0.1, 0.15) is 0 Å². The van der Waals surface area contributed by atoms with Crippen LogP contribution in [0.1, 0.15) is 208 Å². The van der Waals surface area contributed by atoms with Crippen molar-refractivity contribution < 1.29 is 9.47 Å². The number of ether oxygens (including phenoxy) is 2. The van der Waals surface area contributed by atoms with Crippen LogP contribution in [0.3, 0.4) is 0 Å². The number of likely N-dealkylation sites (tertiary alicyclic amines) is 5. The van der Waals surface area contributed by atoms with Crippen LogP contribution in [0, 0.1) is 94.7 Å². The molecule has 10 nitrogen and oxygen atoms in total. The number of nitrogens with zero attached hydrogens (tertiary/aromatic N) is 5. The van der Waals surface area contributed by atoms with Crippen molar-refractivity contribution >= 4 is 0 Å². The second-order valence-electron chi connectivity index (χ2n) is 31.0. The summed E-state index contributed by atoms with van der Waals surface area (Å²) in [6.07, 6.45) is 20.8. The molecule has 8 aliphatic heterocycles. The highest BCUT2D eigenvalue weighted by atomic mass is 16.5. The Bertz CT molecular complexity index is 1500. The molecule has 500 valence electrons. The van der Waals surface area contributed by atoms with Gasteiger partial charge in [0, 0.05) is 66.1 Å². The Labute approximate surface area is 526 Å². The fourth-order valence-corrected chi connectivity index (χ4v) is 13.6. The van der Waals surface area contributed by atoms with Gasteiger partial charge in [0.05, 0.1) is 13.2 Å². The Morgan fingerprint density at radius 2 is 0.845 bits per heavy atom. The van der Waals surface area contributed by atoms with Gasteiger partial charge in [-0.05, 0) is 278 Å². The molecule has 0 aromatic heterocycles. The Morgan fingerprint density at radius 1 is 0.429 bits per heavy atom. The van der Waals surface area contributed by atoms with Gasteiger partial charge < -0.3 is 49.9 Å². The molecule has 0 spiro atoms. The maximum absolute atomic E-state index is 5.08. The van der Waals surface area contributed by atoms with Gasteiger partial charge in [-0.2, -0.15) is 0 Å². The molecular weight excluding hydrogens is 1030 g/mol. The molecule has 8 fully saturated rings. The van der Waals surface area contributed by atoms with Crippen molar-refractivity contribution in [3.05, 3.63) is 11.6 Å². The van der Waals surface area contributed by atoms with Gasteiger partial charge in [0.2, 0.25) is 0 Å². The second kappa shape index (κ2) is 46.4. The van der Waals surface area contributed by atoms with E-state index in [0.717, 1.165) is 140 Å². The topological polar surface area (TPSA) is 70.8 Å². The third-order valence-corrected chi connectivity index (χ3v) is 21.4. The zero-order chi connectivity index (χ0) is 62.6. The van der Waals surface area contributed by atoms with Crippen LogP contribution < -0.4 is 16.0 Å². The Morgan fingerprint density at radius 3 is 1.17 bits per heavy atom. The summed E-state index contributed by atoms with van der Waals surface area (Å²) >= 11 is 0. The van der Waals surface area contributed by atoms with Crippen molar-refractivity contribution in [2.45, 2.75) is 214 Å². The maximum atomic E-state index is 5.08. The van der Waals surface area contributed by atoms with Crippen molar-refractivity contribution in [2.75, 3.05) is 159 Å². The Balaban J connectivity index is 0.000000330. The van der Waals surface area contributed by atoms with Crippen LogP contribution in [-0.2, 0) is 9.47 Å². The zero-order valence-corrected chi connectivity index (χ0v) is 60.5. The molecule has 7 saturated heterocycles. The number of hydrogen-bond acceptors (Lipinski definition) is 10. The SMILES string of the molecule is CC(C)C1=CCNC1.CC(C)C1CCCNC1.CC(C)C1CCN(C(C)C)CC1.CC(C)C1CCN(C)C1.CC(C)C1CCN(CC2CC2)CC1.CC(C)C1CCNC1.COCCN1CCC(C(C)C)C1.COCCN1CCC(C(C)C)CC1. The molecule has 9 aliphatic rings. The van der Waals surface area contributed by atoms with Gasteiger partial charge in [0.15, 0.2) is 0 Å². The number of hydrogen-bond donors (Lipinski definition) is 3. The van der Waals surface area contributed by atoms with Crippen LogP contribution in [0.15, 0.2) is 11.6 Å². The second-order valence-corrected chi connectivity index (χ2v) is 31.0. The summed E-state index contributed by atoms with van der Waals surface area (Å²) in [4.78, 5) is 12.7. The van der Waals surface area contributed by atoms with Gasteiger partial charge >= 0.3 is 0 Å². The molecule has 0 amide bonds. The lowest BCUT2D eigenvalue weighted by Crippen LogP contribution is -2.39. The van der Waals surface area contributed by atoms with Gasteiger partial charge in [-0.3, -0.25) is 0 Å². The Kier molecular flexibility index (Phi) is 43.9. The fourth-order valence-electron chi connectivity index (χ4n) is 13.6. The zero-order valence-electron chi connectivity index (χ0n) is 60.5. The molecule has 4 unspecified atom stereocenters. The lowest BCUT2D eigenvalue weighted by molar-refractivity contribution is 0.110. The highest BCUT2D eigenvalue weighted by molar-refractivity contribution is 5.12. The minimum Gasteiger partial charge on any atom is -0.383 e. The first-order chi connectivity index (χ1) is 39.9. The van der Waals surface area contributed by atoms with Crippen molar-refractivity contribution in [1.29, 1.82) is 0 Å². The molecule has 10 heteroatoms. The lowest BCUT2D eigenvalue weighted by atomic mass is 9.86. The van der Waals surface area contributed by atoms with E-state index in [1.807, 2.05) is 0 Å². The van der Waals surface area contributed by atoms with E-state index in [1.54, 1.807) is 19.8 Å². The van der Waals surface area contributed by atoms with E-state index in [4.69, 9.17) is 9.47 Å². The first kappa shape index (κ1) is 79.4. The number of nitrogens with one attached hydrogen (secondary N) is 3. The average molecular weight is 1190 g/mol. The van der Waals surface area contributed by atoms with E-state index < -0.39 is 0 Å². The van der Waals surface area contributed by atoms with Crippen LogP contribution >= 0.6 is 0 Å². The largest absolute Gasteiger partial charge is 0.383 e. The van der Waals surface area contributed by atoms with Crippen LogP contribution in [-0.4, -0.2) is 189 Å². The normalized spacial score (nSPS) is 25.3. The third-order valence-electron chi connectivity index (χ3n) is 21.4. The highest BCUT2D eigenvalue weighted by Crippen LogP contribution is 2.33. The molecule has 9 rings (SSSR count). The molecule has 0 bridgehead atoms. The van der Waals surface area contributed by atoms with E-state index in [-0.39, 0.29) is 0 Å². The summed E-state index contributed by atoms with van der Waals surface area (Å²) < 4.78 is 10.1. The van der Waals surface area contributed by atoms with Crippen molar-refractivity contribution in [2.24, 2.45) is 94.7 Å². The third kappa shape index (κ3) is 36.3. The molecule has 0 radical (unpaired) electrons. The van der Waals surface area contributed by atoms with Crippen LogP contribution in [0.25, 0.3) is 0 Å². The van der Waals surface area contributed by atoms with Crippen molar-refractivity contribution in [1.82, 2.24) is 40.4 Å². The minimum atomic E-state index is 0.741. The maximum Gasteiger partial charge on any atom is 0.0589 e. The molecule has 4 atom stereocenters. The smallest absolute Gasteiger partial charge is 0.0589 e. The molecule has 8 heterocycles. The van der Waals surface area contributed by atoms with Crippen LogP contribution in [0.4, 0.5) is 0 Å². The monoisotopic (exact) mass is 1190 g/mol. The van der Waals surface area contributed by atoms with Crippen molar-refractivity contribution in [3.8, 4) is 0 Å². The van der Waals surface area contributed by atoms with Gasteiger partial charge in [-0.1, -0.05) is 122 Å². The van der Waals surface area contributed by atoms with Crippen LogP contribution in [0.5, 0.6) is 0 Å². The first-order valence-corrected chi connectivity index (χ1v) is 36.3. The Hall–Kier alpha value is -0.660. The molecule has 1 aliphatic carbocycles. The predicted molar refractivity (Wildman–Crippen MR) is 371 cm³/mol. The van der Waals surface area contributed by atoms with E-state index in [9.17, 15) is 0 Å². The highest BCUT2D eigenvalue weighted by Gasteiger charge is 2.29.